The lowest BCUT2D eigenvalue weighted by atomic mass is 9.74. The molecule has 0 unspecified atom stereocenters. The third-order valence-electron chi connectivity index (χ3n) is 7.67. The van der Waals surface area contributed by atoms with Crippen molar-refractivity contribution < 1.29 is 13.2 Å². The zero-order valence-corrected chi connectivity index (χ0v) is 19.0. The van der Waals surface area contributed by atoms with E-state index in [4.69, 9.17) is 5.26 Å². The molecule has 174 valence electrons. The highest BCUT2D eigenvalue weighted by molar-refractivity contribution is 5.27. The Kier molecular flexibility index (Phi) is 9.45. The van der Waals surface area contributed by atoms with E-state index < -0.39 is 11.7 Å². The predicted octanol–water partition coefficient (Wildman–Crippen LogP) is 8.98. The van der Waals surface area contributed by atoms with Crippen LogP contribution < -0.4 is 0 Å². The summed E-state index contributed by atoms with van der Waals surface area (Å²) in [4.78, 5) is 0. The van der Waals surface area contributed by atoms with E-state index in [1.54, 1.807) is 18.2 Å². The van der Waals surface area contributed by atoms with E-state index in [1.165, 1.54) is 76.0 Å². The van der Waals surface area contributed by atoms with Crippen LogP contribution in [0.15, 0.2) is 48.6 Å². The molecule has 0 N–H and O–H groups in total. The van der Waals surface area contributed by atoms with Crippen LogP contribution in [0.3, 0.4) is 0 Å². The number of nitriles is 1. The van der Waals surface area contributed by atoms with Crippen molar-refractivity contribution in [1.29, 1.82) is 5.26 Å². The van der Waals surface area contributed by atoms with Gasteiger partial charge in [0.05, 0.1) is 11.6 Å². The maximum atomic E-state index is 12.8. The number of nitrogens with zero attached hydrogens (tertiary/aromatic N) is 1. The Labute approximate surface area is 191 Å². The molecule has 0 bridgehead atoms. The van der Waals surface area contributed by atoms with E-state index in [0.29, 0.717) is 5.92 Å². The number of benzene rings is 1. The molecule has 32 heavy (non-hydrogen) atoms. The van der Waals surface area contributed by atoms with Gasteiger partial charge in [-0.3, -0.25) is 0 Å². The number of alkyl halides is 3. The molecule has 2 saturated carbocycles. The van der Waals surface area contributed by atoms with Crippen LogP contribution in [0.25, 0.3) is 0 Å². The Hall–Kier alpha value is -2.02. The first-order valence-electron chi connectivity index (χ1n) is 12.3. The Balaban J connectivity index is 1.30. The molecule has 0 aliphatic heterocycles. The highest BCUT2D eigenvalue weighted by Crippen LogP contribution is 2.41. The quantitative estimate of drug-likeness (QED) is 0.290. The summed E-state index contributed by atoms with van der Waals surface area (Å²) in [6.07, 6.45) is 18.3. The van der Waals surface area contributed by atoms with Crippen molar-refractivity contribution in [2.45, 2.75) is 89.1 Å². The lowest BCUT2D eigenvalue weighted by molar-refractivity contribution is -0.137. The van der Waals surface area contributed by atoms with Crippen molar-refractivity contribution in [1.82, 2.24) is 0 Å². The molecule has 0 saturated heterocycles. The zero-order valence-electron chi connectivity index (χ0n) is 19.0. The summed E-state index contributed by atoms with van der Waals surface area (Å²) in [7, 11) is 0. The minimum Gasteiger partial charge on any atom is -0.193 e. The van der Waals surface area contributed by atoms with Crippen molar-refractivity contribution in [3.63, 3.8) is 0 Å². The molecule has 4 heteroatoms. The summed E-state index contributed by atoms with van der Waals surface area (Å²) in [6.45, 7) is 0. The van der Waals surface area contributed by atoms with Gasteiger partial charge >= 0.3 is 6.18 Å². The third-order valence-corrected chi connectivity index (χ3v) is 7.67. The molecule has 2 aliphatic rings. The Morgan fingerprint density at radius 1 is 0.781 bits per heavy atom. The number of halogens is 3. The smallest absolute Gasteiger partial charge is 0.193 e. The Morgan fingerprint density at radius 3 is 1.84 bits per heavy atom. The summed E-state index contributed by atoms with van der Waals surface area (Å²) in [5.41, 5.74) is 0.527. The van der Waals surface area contributed by atoms with E-state index >= 15 is 0 Å². The summed E-state index contributed by atoms with van der Waals surface area (Å²) >= 11 is 0. The minimum absolute atomic E-state index is 0.424. The van der Waals surface area contributed by atoms with Gasteiger partial charge in [0, 0.05) is 6.08 Å². The Morgan fingerprint density at radius 2 is 1.31 bits per heavy atom. The molecule has 2 aliphatic carbocycles. The minimum atomic E-state index is -4.25. The average Bonchev–Trinajstić information content (AvgIpc) is 2.81. The largest absolute Gasteiger partial charge is 0.416 e. The van der Waals surface area contributed by atoms with Gasteiger partial charge in [0.15, 0.2) is 0 Å². The first kappa shape index (κ1) is 24.6. The zero-order chi connectivity index (χ0) is 22.8. The molecule has 0 amide bonds. The van der Waals surface area contributed by atoms with Crippen LogP contribution in [0, 0.1) is 29.1 Å². The fourth-order valence-electron chi connectivity index (χ4n) is 5.61. The van der Waals surface area contributed by atoms with E-state index in [-0.39, 0.29) is 0 Å². The van der Waals surface area contributed by atoms with E-state index in [9.17, 15) is 13.2 Å². The maximum Gasteiger partial charge on any atom is 0.416 e. The second kappa shape index (κ2) is 12.3. The lowest BCUT2D eigenvalue weighted by Crippen LogP contribution is -2.18. The standard InChI is InChI=1S/C28H36F3N/c29-28(30,31)27-19-17-26(18-20-27)25-15-13-24(14-16-25)12-11-23-9-7-22(8-10-23)6-4-2-1-3-5-21-32/h1-3,5,17-20,22-25H,4,6-16H2/b2-1+,5-3+. The monoisotopic (exact) mass is 443 g/mol. The number of rotatable bonds is 8. The van der Waals surface area contributed by atoms with Crippen LogP contribution >= 0.6 is 0 Å². The average molecular weight is 444 g/mol. The highest BCUT2D eigenvalue weighted by Gasteiger charge is 2.31. The molecule has 3 rings (SSSR count). The van der Waals surface area contributed by atoms with E-state index in [1.807, 2.05) is 12.1 Å². The van der Waals surface area contributed by atoms with Crippen molar-refractivity contribution in [3.05, 3.63) is 59.7 Å². The molecular weight excluding hydrogens is 407 g/mol. The summed E-state index contributed by atoms with van der Waals surface area (Å²) in [5, 5.41) is 8.47. The van der Waals surface area contributed by atoms with Crippen LogP contribution in [-0.2, 0) is 6.18 Å². The normalized spacial score (nSPS) is 27.1. The van der Waals surface area contributed by atoms with Gasteiger partial charge < -0.3 is 0 Å². The summed E-state index contributed by atoms with van der Waals surface area (Å²) < 4.78 is 38.3. The molecule has 0 heterocycles. The van der Waals surface area contributed by atoms with Crippen molar-refractivity contribution in [2.24, 2.45) is 17.8 Å². The van der Waals surface area contributed by atoms with Crippen molar-refractivity contribution in [3.8, 4) is 6.07 Å². The first-order chi connectivity index (χ1) is 15.5. The number of allylic oxidation sites excluding steroid dienone is 4. The molecule has 0 spiro atoms. The van der Waals surface area contributed by atoms with Crippen LogP contribution in [0.2, 0.25) is 0 Å². The van der Waals surface area contributed by atoms with Crippen molar-refractivity contribution in [2.75, 3.05) is 0 Å². The van der Waals surface area contributed by atoms with Gasteiger partial charge in [-0.1, -0.05) is 68.9 Å². The number of hydrogen-bond donors (Lipinski definition) is 0. The molecular formula is C28H36F3N. The molecule has 1 aromatic rings. The number of hydrogen-bond acceptors (Lipinski definition) is 1. The lowest BCUT2D eigenvalue weighted by Gasteiger charge is -2.32. The SMILES string of the molecule is N#C/C=C/C=C/CCC1CCC(CCC2CCC(c3ccc(C(F)(F)F)cc3)CC2)CC1. The predicted molar refractivity (Wildman–Crippen MR) is 124 cm³/mol. The fourth-order valence-corrected chi connectivity index (χ4v) is 5.61. The summed E-state index contributed by atoms with van der Waals surface area (Å²) in [6, 6.07) is 7.84. The molecule has 0 atom stereocenters. The van der Waals surface area contributed by atoms with Gasteiger partial charge in [0.2, 0.25) is 0 Å². The van der Waals surface area contributed by atoms with Crippen LogP contribution in [0.1, 0.15) is 94.1 Å². The van der Waals surface area contributed by atoms with Crippen molar-refractivity contribution >= 4 is 0 Å². The fraction of sp³-hybridized carbons (Fsp3) is 0.607. The molecule has 2 fully saturated rings. The van der Waals surface area contributed by atoms with Gasteiger partial charge in [-0.25, -0.2) is 0 Å². The van der Waals surface area contributed by atoms with Crippen LogP contribution in [-0.4, -0.2) is 0 Å². The third kappa shape index (κ3) is 7.84. The van der Waals surface area contributed by atoms with E-state index in [0.717, 1.165) is 42.6 Å². The van der Waals surface area contributed by atoms with Gasteiger partial charge in [-0.2, -0.15) is 18.4 Å². The highest BCUT2D eigenvalue weighted by atomic mass is 19.4. The second-order valence-corrected chi connectivity index (χ2v) is 9.80. The van der Waals surface area contributed by atoms with Gasteiger partial charge in [0.1, 0.15) is 0 Å². The van der Waals surface area contributed by atoms with E-state index in [2.05, 4.69) is 6.08 Å². The Bertz CT molecular complexity index is 768. The van der Waals surface area contributed by atoms with Gasteiger partial charge in [-0.05, 0) is 79.9 Å². The summed E-state index contributed by atoms with van der Waals surface area (Å²) in [5.74, 6) is 2.96. The molecule has 0 aromatic heterocycles. The maximum absolute atomic E-state index is 12.8. The topological polar surface area (TPSA) is 23.8 Å². The first-order valence-corrected chi connectivity index (χ1v) is 12.3. The molecule has 1 nitrogen and oxygen atoms in total. The van der Waals surface area contributed by atoms with Gasteiger partial charge in [0.25, 0.3) is 0 Å². The van der Waals surface area contributed by atoms with Gasteiger partial charge in [-0.15, -0.1) is 0 Å². The molecule has 0 radical (unpaired) electrons. The van der Waals surface area contributed by atoms with Crippen LogP contribution in [0.4, 0.5) is 13.2 Å². The van der Waals surface area contributed by atoms with Crippen LogP contribution in [0.5, 0.6) is 0 Å². The molecule has 1 aromatic carbocycles. The second-order valence-electron chi connectivity index (χ2n) is 9.80.